The summed E-state index contributed by atoms with van der Waals surface area (Å²) < 4.78 is 41.1. The van der Waals surface area contributed by atoms with Gasteiger partial charge in [-0.3, -0.25) is 10.0 Å². The van der Waals surface area contributed by atoms with Crippen LogP contribution < -0.4 is 28.4 Å². The number of carbonyl (C=O) groups is 1. The molecule has 10 heteroatoms. The van der Waals surface area contributed by atoms with Crippen LogP contribution in [0.25, 0.3) is 0 Å². The highest BCUT2D eigenvalue weighted by atomic mass is 16.5. The topological polar surface area (TPSA) is 105 Å². The van der Waals surface area contributed by atoms with Gasteiger partial charge in [-0.2, -0.15) is 0 Å². The Labute approximate surface area is 287 Å². The number of hydrogen-bond acceptors (Lipinski definition) is 9. The largest absolute Gasteiger partial charge is 0.493 e. The van der Waals surface area contributed by atoms with Crippen molar-refractivity contribution in [1.29, 1.82) is 0 Å². The van der Waals surface area contributed by atoms with E-state index in [2.05, 4.69) is 6.58 Å². The number of amides is 1. The van der Waals surface area contributed by atoms with Gasteiger partial charge in [-0.25, -0.2) is 5.06 Å². The van der Waals surface area contributed by atoms with Crippen LogP contribution in [0, 0.1) is 0 Å². The molecular weight excluding hydrogens is 626 g/mol. The minimum atomic E-state index is -0.987. The van der Waals surface area contributed by atoms with Crippen LogP contribution in [0.3, 0.4) is 0 Å². The average molecular weight is 670 g/mol. The molecule has 0 saturated carbocycles. The zero-order valence-corrected chi connectivity index (χ0v) is 28.5. The van der Waals surface area contributed by atoms with Crippen molar-refractivity contribution in [2.45, 2.75) is 44.4 Å². The number of hydrogen-bond donors (Lipinski definition) is 1. The number of benzene rings is 4. The summed E-state index contributed by atoms with van der Waals surface area (Å²) in [5.74, 6) is 2.89. The summed E-state index contributed by atoms with van der Waals surface area (Å²) in [7, 11) is 6.28. The molecule has 49 heavy (non-hydrogen) atoms. The predicted octanol–water partition coefficient (Wildman–Crippen LogP) is 8.65. The number of methoxy groups -OCH3 is 4. The van der Waals surface area contributed by atoms with Crippen LogP contribution >= 0.6 is 0 Å². The second-order valence-electron chi connectivity index (χ2n) is 11.4. The van der Waals surface area contributed by atoms with Crippen LogP contribution in [0.4, 0.5) is 0 Å². The van der Waals surface area contributed by atoms with Crippen molar-refractivity contribution in [3.05, 3.63) is 114 Å². The lowest BCUT2D eigenvalue weighted by atomic mass is 9.96. The molecule has 0 spiro atoms. The minimum Gasteiger partial charge on any atom is -0.493 e. The van der Waals surface area contributed by atoms with Crippen LogP contribution in [0.1, 0.15) is 71.5 Å². The van der Waals surface area contributed by atoms with Crippen LogP contribution in [-0.4, -0.2) is 51.2 Å². The Kier molecular flexibility index (Phi) is 11.7. The molecule has 1 saturated heterocycles. The molecule has 0 aliphatic carbocycles. The van der Waals surface area contributed by atoms with Gasteiger partial charge in [0, 0.05) is 11.1 Å². The third-order valence-electron chi connectivity index (χ3n) is 8.30. The molecule has 10 nitrogen and oxygen atoms in total. The molecular formula is C39H43NO9. The maximum atomic E-state index is 13.7. The SMILES string of the molecule is C=CC(c1cc([C@@H]2CC[C@@H](c3cc(OC)c(OC)c(OC)c3)O2)cc(OC)c1OCCC)N(O)C(=O)c1cccc(Oc2ccccc2)c1. The van der Waals surface area contributed by atoms with Crippen LogP contribution in [0.15, 0.2) is 91.5 Å². The van der Waals surface area contributed by atoms with E-state index >= 15 is 0 Å². The van der Waals surface area contributed by atoms with Crippen molar-refractivity contribution in [2.75, 3.05) is 35.0 Å². The van der Waals surface area contributed by atoms with Gasteiger partial charge in [0.1, 0.15) is 17.5 Å². The third-order valence-corrected chi connectivity index (χ3v) is 8.30. The van der Waals surface area contributed by atoms with Gasteiger partial charge in [0.2, 0.25) is 5.75 Å². The second-order valence-corrected chi connectivity index (χ2v) is 11.4. The lowest BCUT2D eigenvalue weighted by Gasteiger charge is -2.28. The Hall–Kier alpha value is -5.19. The van der Waals surface area contributed by atoms with Crippen molar-refractivity contribution < 1.29 is 43.2 Å². The summed E-state index contributed by atoms with van der Waals surface area (Å²) >= 11 is 0. The van der Waals surface area contributed by atoms with E-state index in [0.29, 0.717) is 63.9 Å². The highest BCUT2D eigenvalue weighted by Crippen LogP contribution is 2.48. The van der Waals surface area contributed by atoms with Gasteiger partial charge >= 0.3 is 0 Å². The summed E-state index contributed by atoms with van der Waals surface area (Å²) in [5.41, 5.74) is 2.43. The first-order valence-electron chi connectivity index (χ1n) is 16.1. The Balaban J connectivity index is 1.46. The number of rotatable bonds is 15. The van der Waals surface area contributed by atoms with Crippen molar-refractivity contribution in [1.82, 2.24) is 5.06 Å². The Morgan fingerprint density at radius 1 is 0.837 bits per heavy atom. The van der Waals surface area contributed by atoms with Crippen LogP contribution in [0.5, 0.6) is 40.2 Å². The molecule has 5 rings (SSSR count). The van der Waals surface area contributed by atoms with Crippen LogP contribution in [-0.2, 0) is 4.74 Å². The zero-order valence-electron chi connectivity index (χ0n) is 28.5. The smallest absolute Gasteiger partial charge is 0.278 e. The van der Waals surface area contributed by atoms with E-state index in [1.165, 1.54) is 6.08 Å². The van der Waals surface area contributed by atoms with Gasteiger partial charge < -0.3 is 33.2 Å². The summed E-state index contributed by atoms with van der Waals surface area (Å²) in [6.07, 6.45) is 3.09. The van der Waals surface area contributed by atoms with Crippen molar-refractivity contribution in [3.8, 4) is 40.2 Å². The summed E-state index contributed by atoms with van der Waals surface area (Å²) in [6.45, 7) is 6.36. The first kappa shape index (κ1) is 35.1. The first-order chi connectivity index (χ1) is 23.8. The maximum Gasteiger partial charge on any atom is 0.278 e. The molecule has 1 amide bonds. The fraction of sp³-hybridized carbons (Fsp3) is 0.308. The Morgan fingerprint density at radius 3 is 2.00 bits per heavy atom. The maximum absolute atomic E-state index is 13.7. The van der Waals surface area contributed by atoms with Gasteiger partial charge in [0.25, 0.3) is 5.91 Å². The molecule has 4 aromatic rings. The molecule has 3 atom stereocenters. The standard InChI is InChI=1S/C39H43NO9/c1-7-19-47-37-30(31(8-2)40(42)39(41)25-13-12-16-29(20-25)48-28-14-10-9-11-15-28)21-26(22-34(37)43-3)32-17-18-33(49-32)27-23-35(44-4)38(46-6)36(24-27)45-5/h8-16,20-24,31-33,42H,2,7,17-19H2,1,3-6H3/t31?,32-,33-/m0/s1. The van der Waals surface area contributed by atoms with E-state index in [9.17, 15) is 10.0 Å². The highest BCUT2D eigenvalue weighted by Gasteiger charge is 2.33. The normalized spacial score (nSPS) is 16.0. The quantitative estimate of drug-likeness (QED) is 0.0756. The van der Waals surface area contributed by atoms with E-state index in [1.807, 2.05) is 61.5 Å². The van der Waals surface area contributed by atoms with E-state index in [0.717, 1.165) is 24.0 Å². The molecule has 1 heterocycles. The summed E-state index contributed by atoms with van der Waals surface area (Å²) in [4.78, 5) is 13.7. The Bertz CT molecular complexity index is 1720. The number of para-hydroxylation sites is 1. The second kappa shape index (κ2) is 16.3. The molecule has 1 N–H and O–H groups in total. The highest BCUT2D eigenvalue weighted by molar-refractivity contribution is 5.94. The minimum absolute atomic E-state index is 0.231. The Morgan fingerprint density at radius 2 is 1.43 bits per heavy atom. The molecule has 258 valence electrons. The number of nitrogens with zero attached hydrogens (tertiary/aromatic N) is 1. The van der Waals surface area contributed by atoms with Gasteiger partial charge in [0.05, 0.1) is 47.3 Å². The molecule has 1 aliphatic rings. The predicted molar refractivity (Wildman–Crippen MR) is 185 cm³/mol. The van der Waals surface area contributed by atoms with E-state index in [1.54, 1.807) is 52.7 Å². The van der Waals surface area contributed by atoms with E-state index in [-0.39, 0.29) is 17.8 Å². The molecule has 0 radical (unpaired) electrons. The van der Waals surface area contributed by atoms with Crippen LogP contribution in [0.2, 0.25) is 0 Å². The lowest BCUT2D eigenvalue weighted by molar-refractivity contribution is -0.0784. The molecule has 1 aliphatic heterocycles. The zero-order chi connectivity index (χ0) is 34.9. The van der Waals surface area contributed by atoms with E-state index in [4.69, 9.17) is 33.2 Å². The third kappa shape index (κ3) is 7.77. The number of hydroxylamine groups is 2. The summed E-state index contributed by atoms with van der Waals surface area (Å²) in [6, 6.07) is 22.5. The van der Waals surface area contributed by atoms with Gasteiger partial charge in [0.15, 0.2) is 23.0 Å². The average Bonchev–Trinajstić information content (AvgIpc) is 3.64. The van der Waals surface area contributed by atoms with Gasteiger partial charge in [-0.1, -0.05) is 37.3 Å². The van der Waals surface area contributed by atoms with Crippen molar-refractivity contribution in [2.24, 2.45) is 0 Å². The lowest BCUT2D eigenvalue weighted by Crippen LogP contribution is -2.31. The van der Waals surface area contributed by atoms with E-state index < -0.39 is 11.9 Å². The molecule has 1 fully saturated rings. The number of carbonyl (C=O) groups excluding carboxylic acids is 1. The monoisotopic (exact) mass is 669 g/mol. The van der Waals surface area contributed by atoms with Crippen molar-refractivity contribution in [3.63, 3.8) is 0 Å². The number of ether oxygens (including phenoxy) is 7. The molecule has 0 aromatic heterocycles. The van der Waals surface area contributed by atoms with Gasteiger partial charge in [-0.15, -0.1) is 6.58 Å². The van der Waals surface area contributed by atoms with Gasteiger partial charge in [-0.05, 0) is 85.0 Å². The molecule has 4 aromatic carbocycles. The first-order valence-corrected chi connectivity index (χ1v) is 16.1. The fourth-order valence-electron chi connectivity index (χ4n) is 5.91. The molecule has 0 bridgehead atoms. The van der Waals surface area contributed by atoms with Crippen molar-refractivity contribution >= 4 is 5.91 Å². The summed E-state index contributed by atoms with van der Waals surface area (Å²) in [5, 5.41) is 12.1. The fourth-order valence-corrected chi connectivity index (χ4v) is 5.91. The molecule has 1 unspecified atom stereocenters.